The van der Waals surface area contributed by atoms with Crippen molar-refractivity contribution < 1.29 is 9.18 Å². The lowest BCUT2D eigenvalue weighted by Gasteiger charge is -2.10. The molecule has 1 aromatic carbocycles. The molecule has 0 unspecified atom stereocenters. The molecule has 0 aliphatic carbocycles. The van der Waals surface area contributed by atoms with E-state index in [4.69, 9.17) is 0 Å². The minimum Gasteiger partial charge on any atom is -0.363 e. The summed E-state index contributed by atoms with van der Waals surface area (Å²) in [6.07, 6.45) is 0. The number of hydrogen-bond acceptors (Lipinski definition) is 6. The van der Waals surface area contributed by atoms with Gasteiger partial charge < -0.3 is 10.6 Å². The minimum atomic E-state index is -0.355. The Balaban J connectivity index is 1.97. The van der Waals surface area contributed by atoms with E-state index in [1.165, 1.54) is 29.2 Å². The van der Waals surface area contributed by atoms with Crippen LogP contribution in [0, 0.1) is 12.7 Å². The highest BCUT2D eigenvalue weighted by Gasteiger charge is 2.17. The monoisotopic (exact) mass is 326 g/mol. The molecule has 5 nitrogen and oxygen atoms in total. The molecule has 0 aliphatic heterocycles. The molecule has 8 heteroatoms. The number of amides is 1. The average Bonchev–Trinajstić information content (AvgIpc) is 2.90. The summed E-state index contributed by atoms with van der Waals surface area (Å²) in [5, 5.41) is 13.8. The largest absolute Gasteiger partial charge is 0.363 e. The molecular formula is C13H15FN4OS2. The lowest BCUT2D eigenvalue weighted by Crippen LogP contribution is -2.22. The van der Waals surface area contributed by atoms with Crippen LogP contribution in [0.4, 0.5) is 15.2 Å². The number of rotatable bonds is 5. The van der Waals surface area contributed by atoms with Gasteiger partial charge in [0, 0.05) is 12.7 Å². The molecule has 0 radical (unpaired) electrons. The van der Waals surface area contributed by atoms with E-state index in [2.05, 4.69) is 20.8 Å². The maximum Gasteiger partial charge on any atom is 0.237 e. The van der Waals surface area contributed by atoms with E-state index in [1.807, 2.05) is 0 Å². The van der Waals surface area contributed by atoms with Gasteiger partial charge in [-0.2, -0.15) is 0 Å². The molecule has 2 rings (SSSR count). The Morgan fingerprint density at radius 1 is 1.43 bits per heavy atom. The normalized spacial score (nSPS) is 12.0. The highest BCUT2D eigenvalue weighted by molar-refractivity contribution is 8.02. The molecule has 1 heterocycles. The zero-order chi connectivity index (χ0) is 15.4. The van der Waals surface area contributed by atoms with E-state index in [9.17, 15) is 9.18 Å². The highest BCUT2D eigenvalue weighted by atomic mass is 32.2. The van der Waals surface area contributed by atoms with Crippen molar-refractivity contribution in [1.29, 1.82) is 0 Å². The van der Waals surface area contributed by atoms with Crippen LogP contribution in [-0.2, 0) is 4.79 Å². The van der Waals surface area contributed by atoms with Gasteiger partial charge >= 0.3 is 0 Å². The molecule has 1 atom stereocenters. The predicted molar refractivity (Wildman–Crippen MR) is 84.5 cm³/mol. The van der Waals surface area contributed by atoms with Crippen molar-refractivity contribution in [3.63, 3.8) is 0 Å². The molecule has 0 bridgehead atoms. The molecule has 0 fully saturated rings. The van der Waals surface area contributed by atoms with Gasteiger partial charge in [0.15, 0.2) is 4.34 Å². The molecule has 0 saturated heterocycles. The van der Waals surface area contributed by atoms with Crippen molar-refractivity contribution in [2.45, 2.75) is 23.4 Å². The van der Waals surface area contributed by atoms with E-state index >= 15 is 0 Å². The number of carbonyl (C=O) groups excluding carboxylic acids is 1. The van der Waals surface area contributed by atoms with Crippen LogP contribution in [0.3, 0.4) is 0 Å². The van der Waals surface area contributed by atoms with Gasteiger partial charge in [0.25, 0.3) is 0 Å². The minimum absolute atomic E-state index is 0.204. The molecular weight excluding hydrogens is 311 g/mol. The summed E-state index contributed by atoms with van der Waals surface area (Å²) in [4.78, 5) is 12.1. The maximum absolute atomic E-state index is 13.4. The first-order chi connectivity index (χ1) is 9.99. The van der Waals surface area contributed by atoms with Crippen LogP contribution in [-0.4, -0.2) is 28.4 Å². The Kier molecular flexibility index (Phi) is 5.13. The second kappa shape index (κ2) is 6.86. The Morgan fingerprint density at radius 3 is 2.81 bits per heavy atom. The lowest BCUT2D eigenvalue weighted by molar-refractivity contribution is -0.115. The molecule has 0 saturated carbocycles. The van der Waals surface area contributed by atoms with Gasteiger partial charge in [-0.15, -0.1) is 10.2 Å². The number of thioether (sulfide) groups is 1. The Morgan fingerprint density at radius 2 is 2.19 bits per heavy atom. The third-order valence-corrected chi connectivity index (χ3v) is 4.83. The number of nitrogens with one attached hydrogen (secondary N) is 2. The Labute approximate surface area is 130 Å². The van der Waals surface area contributed by atoms with Crippen LogP contribution in [0.15, 0.2) is 22.5 Å². The zero-order valence-electron chi connectivity index (χ0n) is 11.8. The number of anilines is 2. The Hall–Kier alpha value is -1.67. The molecule has 0 spiro atoms. The molecule has 2 aromatic rings. The van der Waals surface area contributed by atoms with Crippen LogP contribution in [0.1, 0.15) is 12.5 Å². The topological polar surface area (TPSA) is 66.9 Å². The number of aryl methyl sites for hydroxylation is 1. The molecule has 1 amide bonds. The molecule has 2 N–H and O–H groups in total. The summed E-state index contributed by atoms with van der Waals surface area (Å²) in [7, 11) is 1.76. The van der Waals surface area contributed by atoms with Crippen molar-refractivity contribution >= 4 is 39.8 Å². The molecule has 0 aliphatic rings. The zero-order valence-corrected chi connectivity index (χ0v) is 13.4. The van der Waals surface area contributed by atoms with E-state index < -0.39 is 0 Å². The van der Waals surface area contributed by atoms with E-state index in [1.54, 1.807) is 33.0 Å². The van der Waals surface area contributed by atoms with Gasteiger partial charge in [0.1, 0.15) is 5.82 Å². The third kappa shape index (κ3) is 4.15. The second-order valence-electron chi connectivity index (χ2n) is 4.34. The first kappa shape index (κ1) is 15.7. The SMILES string of the molecule is CNc1nnc(S[C@@H](C)C(=O)Nc2ccc(C)c(F)c2)s1. The second-order valence-corrected chi connectivity index (χ2v) is 6.90. The van der Waals surface area contributed by atoms with Crippen molar-refractivity contribution in [2.24, 2.45) is 0 Å². The van der Waals surface area contributed by atoms with Gasteiger partial charge in [0.2, 0.25) is 11.0 Å². The van der Waals surface area contributed by atoms with Crippen molar-refractivity contribution in [2.75, 3.05) is 17.7 Å². The first-order valence-electron chi connectivity index (χ1n) is 6.24. The van der Waals surface area contributed by atoms with E-state index in [0.717, 1.165) is 0 Å². The smallest absolute Gasteiger partial charge is 0.237 e. The first-order valence-corrected chi connectivity index (χ1v) is 7.94. The summed E-state index contributed by atoms with van der Waals surface area (Å²) < 4.78 is 14.1. The molecule has 1 aromatic heterocycles. The number of aromatic nitrogens is 2. The van der Waals surface area contributed by atoms with E-state index in [0.29, 0.717) is 20.7 Å². The van der Waals surface area contributed by atoms with Gasteiger partial charge in [-0.3, -0.25) is 4.79 Å². The van der Waals surface area contributed by atoms with Crippen molar-refractivity contribution in [3.8, 4) is 0 Å². The van der Waals surface area contributed by atoms with Crippen molar-refractivity contribution in [1.82, 2.24) is 10.2 Å². The fourth-order valence-corrected chi connectivity index (χ4v) is 3.33. The standard InChI is InChI=1S/C13H15FN4OS2/c1-7-4-5-9(6-10(7)14)16-11(19)8(2)20-13-18-17-12(15-3)21-13/h4-6,8H,1-3H3,(H,15,17)(H,16,19)/t8-/m0/s1. The fraction of sp³-hybridized carbons (Fsp3) is 0.308. The van der Waals surface area contributed by atoms with Gasteiger partial charge in [-0.1, -0.05) is 29.2 Å². The molecule has 112 valence electrons. The van der Waals surface area contributed by atoms with Crippen LogP contribution in [0.5, 0.6) is 0 Å². The number of benzene rings is 1. The quantitative estimate of drug-likeness (QED) is 0.826. The number of carbonyl (C=O) groups is 1. The van der Waals surface area contributed by atoms with Gasteiger partial charge in [-0.05, 0) is 31.5 Å². The lowest BCUT2D eigenvalue weighted by atomic mass is 10.2. The van der Waals surface area contributed by atoms with E-state index in [-0.39, 0.29) is 17.0 Å². The van der Waals surface area contributed by atoms with Crippen LogP contribution >= 0.6 is 23.1 Å². The number of hydrogen-bond donors (Lipinski definition) is 2. The van der Waals surface area contributed by atoms with Crippen LogP contribution < -0.4 is 10.6 Å². The average molecular weight is 326 g/mol. The summed E-state index contributed by atoms with van der Waals surface area (Å²) in [6.45, 7) is 3.44. The maximum atomic E-state index is 13.4. The van der Waals surface area contributed by atoms with Crippen LogP contribution in [0.2, 0.25) is 0 Å². The summed E-state index contributed by atoms with van der Waals surface area (Å²) in [6, 6.07) is 4.62. The fourth-order valence-electron chi connectivity index (χ4n) is 1.48. The number of halogens is 1. The van der Waals surface area contributed by atoms with Gasteiger partial charge in [0.05, 0.1) is 5.25 Å². The van der Waals surface area contributed by atoms with Crippen molar-refractivity contribution in [3.05, 3.63) is 29.6 Å². The molecule has 21 heavy (non-hydrogen) atoms. The summed E-state index contributed by atoms with van der Waals surface area (Å²) >= 11 is 2.69. The third-order valence-electron chi connectivity index (χ3n) is 2.71. The highest BCUT2D eigenvalue weighted by Crippen LogP contribution is 2.29. The van der Waals surface area contributed by atoms with Crippen LogP contribution in [0.25, 0.3) is 0 Å². The predicted octanol–water partition coefficient (Wildman–Crippen LogP) is 3.15. The summed E-state index contributed by atoms with van der Waals surface area (Å²) in [5.41, 5.74) is 0.993. The Bertz CT molecular complexity index is 647. The number of nitrogens with zero attached hydrogens (tertiary/aromatic N) is 2. The van der Waals surface area contributed by atoms with Gasteiger partial charge in [-0.25, -0.2) is 4.39 Å². The summed E-state index contributed by atoms with van der Waals surface area (Å²) in [5.74, 6) is -0.541.